The Balaban J connectivity index is 1.56. The summed E-state index contributed by atoms with van der Waals surface area (Å²) in [4.78, 5) is 22.9. The molecule has 0 bridgehead atoms. The number of methoxy groups -OCH3 is 1. The van der Waals surface area contributed by atoms with Gasteiger partial charge in [-0.25, -0.2) is 9.37 Å². The van der Waals surface area contributed by atoms with E-state index in [0.717, 1.165) is 35.9 Å². The molecule has 1 amide bonds. The number of ether oxygens (including phenoxy) is 1. The van der Waals surface area contributed by atoms with Gasteiger partial charge in [-0.1, -0.05) is 12.1 Å². The first-order valence-corrected chi connectivity index (χ1v) is 10.5. The molecular formula is C21H26FN3O2S. The van der Waals surface area contributed by atoms with Crippen molar-refractivity contribution >= 4 is 17.2 Å². The highest BCUT2D eigenvalue weighted by Crippen LogP contribution is 2.45. The first-order chi connectivity index (χ1) is 13.5. The maximum absolute atomic E-state index is 13.9. The molecule has 0 N–H and O–H groups in total. The molecule has 2 saturated heterocycles. The van der Waals surface area contributed by atoms with E-state index in [0.29, 0.717) is 18.4 Å². The summed E-state index contributed by atoms with van der Waals surface area (Å²) in [5.74, 6) is 0.415. The quantitative estimate of drug-likeness (QED) is 0.769. The molecule has 1 aromatic carbocycles. The number of hydrogen-bond acceptors (Lipinski definition) is 5. The number of aryl methyl sites for hydroxylation is 2. The summed E-state index contributed by atoms with van der Waals surface area (Å²) in [5.41, 5.74) is 1.99. The van der Waals surface area contributed by atoms with Gasteiger partial charge in [0.2, 0.25) is 5.91 Å². The third kappa shape index (κ3) is 3.71. The van der Waals surface area contributed by atoms with Crippen LogP contribution in [0.25, 0.3) is 0 Å². The second-order valence-electron chi connectivity index (χ2n) is 7.84. The molecule has 4 rings (SSSR count). The van der Waals surface area contributed by atoms with Crippen molar-refractivity contribution in [2.45, 2.75) is 26.4 Å². The number of nitrogens with zero attached hydrogens (tertiary/aromatic N) is 3. The van der Waals surface area contributed by atoms with Crippen LogP contribution >= 0.6 is 11.3 Å². The number of carbonyl (C=O) groups excluding carboxylic acids is 1. The molecule has 0 radical (unpaired) electrons. The van der Waals surface area contributed by atoms with Gasteiger partial charge >= 0.3 is 0 Å². The van der Waals surface area contributed by atoms with Crippen molar-refractivity contribution < 1.29 is 13.9 Å². The molecule has 0 aliphatic carbocycles. The van der Waals surface area contributed by atoms with Gasteiger partial charge in [0.25, 0.3) is 0 Å². The van der Waals surface area contributed by atoms with Crippen LogP contribution in [0.15, 0.2) is 24.3 Å². The van der Waals surface area contributed by atoms with E-state index in [1.165, 1.54) is 18.1 Å². The van der Waals surface area contributed by atoms with Crippen molar-refractivity contribution in [3.63, 3.8) is 0 Å². The Kier molecular flexibility index (Phi) is 5.49. The van der Waals surface area contributed by atoms with E-state index >= 15 is 0 Å². The number of halogens is 1. The summed E-state index contributed by atoms with van der Waals surface area (Å²) >= 11 is 1.76. The second-order valence-corrected chi connectivity index (χ2v) is 9.13. The van der Waals surface area contributed by atoms with Gasteiger partial charge in [-0.15, -0.1) is 11.3 Å². The van der Waals surface area contributed by atoms with Gasteiger partial charge < -0.3 is 9.64 Å². The van der Waals surface area contributed by atoms with Crippen LogP contribution < -0.4 is 0 Å². The van der Waals surface area contributed by atoms with Crippen LogP contribution in [-0.2, 0) is 16.1 Å². The van der Waals surface area contributed by atoms with Crippen molar-refractivity contribution in [1.82, 2.24) is 14.8 Å². The molecule has 0 unspecified atom stereocenters. The topological polar surface area (TPSA) is 45.7 Å². The monoisotopic (exact) mass is 403 g/mol. The van der Waals surface area contributed by atoms with Crippen molar-refractivity contribution in [3.05, 3.63) is 51.2 Å². The van der Waals surface area contributed by atoms with Gasteiger partial charge in [-0.05, 0) is 37.5 Å². The Labute approximate surface area is 169 Å². The standard InChI is InChI=1S/C21H26FN3O2S/c1-13-19(28-14(2)23-13)11-24-8-16-9-25(20(26)12-27-3)21(18(16)10-24)15-5-4-6-17(22)7-15/h4-7,16,18,21H,8-12H2,1-3H3/t16-,18-,21+/m1/s1. The smallest absolute Gasteiger partial charge is 0.249 e. The zero-order chi connectivity index (χ0) is 19.8. The van der Waals surface area contributed by atoms with Gasteiger partial charge in [0, 0.05) is 44.1 Å². The molecule has 2 fully saturated rings. The Morgan fingerprint density at radius 3 is 2.82 bits per heavy atom. The predicted octanol–water partition coefficient (Wildman–Crippen LogP) is 3.18. The second kappa shape index (κ2) is 7.89. The Bertz CT molecular complexity index is 871. The highest BCUT2D eigenvalue weighted by Gasteiger charge is 2.49. The molecular weight excluding hydrogens is 377 g/mol. The Morgan fingerprint density at radius 2 is 2.14 bits per heavy atom. The molecule has 7 heteroatoms. The fourth-order valence-electron chi connectivity index (χ4n) is 4.77. The number of thiazole rings is 1. The number of amides is 1. The first-order valence-electron chi connectivity index (χ1n) is 9.65. The molecule has 2 aromatic rings. The van der Waals surface area contributed by atoms with E-state index in [2.05, 4.69) is 16.8 Å². The molecule has 1 aromatic heterocycles. The van der Waals surface area contributed by atoms with Crippen LogP contribution in [0.2, 0.25) is 0 Å². The first kappa shape index (κ1) is 19.5. The SMILES string of the molecule is COCC(=O)N1C[C@H]2CN(Cc3sc(C)nc3C)C[C@H]2[C@@H]1c1cccc(F)c1. The number of likely N-dealkylation sites (tertiary alicyclic amines) is 2. The van der Waals surface area contributed by atoms with E-state index < -0.39 is 0 Å². The molecule has 150 valence electrons. The zero-order valence-electron chi connectivity index (χ0n) is 16.5. The van der Waals surface area contributed by atoms with Crippen molar-refractivity contribution in [1.29, 1.82) is 0 Å². The summed E-state index contributed by atoms with van der Waals surface area (Å²) < 4.78 is 19.0. The van der Waals surface area contributed by atoms with Gasteiger partial charge in [-0.3, -0.25) is 9.69 Å². The zero-order valence-corrected chi connectivity index (χ0v) is 17.3. The van der Waals surface area contributed by atoms with Gasteiger partial charge in [0.1, 0.15) is 12.4 Å². The summed E-state index contributed by atoms with van der Waals surface area (Å²) in [6.07, 6.45) is 0. The average Bonchev–Trinajstić information content (AvgIpc) is 3.27. The maximum Gasteiger partial charge on any atom is 0.249 e. The number of carbonyl (C=O) groups is 1. The molecule has 0 spiro atoms. The van der Waals surface area contributed by atoms with Crippen LogP contribution in [0.4, 0.5) is 4.39 Å². The van der Waals surface area contributed by atoms with Crippen molar-refractivity contribution in [3.8, 4) is 0 Å². The Hall–Kier alpha value is -1.83. The average molecular weight is 404 g/mol. The van der Waals surface area contributed by atoms with Crippen LogP contribution in [0.5, 0.6) is 0 Å². The van der Waals surface area contributed by atoms with E-state index in [1.54, 1.807) is 23.5 Å². The highest BCUT2D eigenvalue weighted by atomic mass is 32.1. The van der Waals surface area contributed by atoms with Crippen LogP contribution in [0.1, 0.15) is 27.2 Å². The van der Waals surface area contributed by atoms with Crippen LogP contribution in [0, 0.1) is 31.5 Å². The van der Waals surface area contributed by atoms with Gasteiger partial charge in [-0.2, -0.15) is 0 Å². The summed E-state index contributed by atoms with van der Waals surface area (Å²) in [6.45, 7) is 7.62. The lowest BCUT2D eigenvalue weighted by atomic mass is 9.89. The van der Waals surface area contributed by atoms with Crippen molar-refractivity contribution in [2.24, 2.45) is 11.8 Å². The highest BCUT2D eigenvalue weighted by molar-refractivity contribution is 7.11. The lowest BCUT2D eigenvalue weighted by Gasteiger charge is -2.30. The van der Waals surface area contributed by atoms with Crippen LogP contribution in [-0.4, -0.2) is 54.0 Å². The summed E-state index contributed by atoms with van der Waals surface area (Å²) in [7, 11) is 1.53. The third-order valence-corrected chi connectivity index (χ3v) is 6.94. The van der Waals surface area contributed by atoms with Gasteiger partial charge in [0.05, 0.1) is 16.7 Å². The molecule has 2 aliphatic heterocycles. The largest absolute Gasteiger partial charge is 0.375 e. The summed E-state index contributed by atoms with van der Waals surface area (Å²) in [5, 5.41) is 1.10. The fourth-order valence-corrected chi connectivity index (χ4v) is 5.75. The third-order valence-electron chi connectivity index (χ3n) is 5.88. The van der Waals surface area contributed by atoms with E-state index in [-0.39, 0.29) is 24.4 Å². The minimum Gasteiger partial charge on any atom is -0.375 e. The van der Waals surface area contributed by atoms with Crippen LogP contribution in [0.3, 0.4) is 0 Å². The van der Waals surface area contributed by atoms with Gasteiger partial charge in [0.15, 0.2) is 0 Å². The minimum atomic E-state index is -0.259. The van der Waals surface area contributed by atoms with Crippen molar-refractivity contribution in [2.75, 3.05) is 33.4 Å². The molecule has 5 nitrogen and oxygen atoms in total. The molecule has 2 aliphatic rings. The van der Waals surface area contributed by atoms with E-state index in [9.17, 15) is 9.18 Å². The molecule has 3 heterocycles. The maximum atomic E-state index is 13.9. The fraction of sp³-hybridized carbons (Fsp3) is 0.524. The normalized spacial score (nSPS) is 24.7. The number of aromatic nitrogens is 1. The molecule has 0 saturated carbocycles. The van der Waals surface area contributed by atoms with E-state index in [4.69, 9.17) is 4.74 Å². The molecule has 28 heavy (non-hydrogen) atoms. The minimum absolute atomic E-state index is 0.0216. The molecule has 3 atom stereocenters. The van der Waals surface area contributed by atoms with E-state index in [1.807, 2.05) is 17.9 Å². The predicted molar refractivity (Wildman–Crippen MR) is 107 cm³/mol. The number of hydrogen-bond donors (Lipinski definition) is 0. The number of fused-ring (bicyclic) bond motifs is 1. The lowest BCUT2D eigenvalue weighted by Crippen LogP contribution is -2.37. The summed E-state index contributed by atoms with van der Waals surface area (Å²) in [6, 6.07) is 6.58. The Morgan fingerprint density at radius 1 is 1.32 bits per heavy atom. The lowest BCUT2D eigenvalue weighted by molar-refractivity contribution is -0.136. The number of benzene rings is 1. The number of rotatable bonds is 5.